The monoisotopic (exact) mass is 308 g/mol. The van der Waals surface area contributed by atoms with Crippen molar-refractivity contribution in [3.05, 3.63) is 29.3 Å². The Hall–Kier alpha value is -0.960. The van der Waals surface area contributed by atoms with Crippen molar-refractivity contribution in [3.63, 3.8) is 0 Å². The van der Waals surface area contributed by atoms with Gasteiger partial charge in [-0.2, -0.15) is 0 Å². The van der Waals surface area contributed by atoms with Gasteiger partial charge in [-0.3, -0.25) is 4.79 Å². The smallest absolute Gasteiger partial charge is 0.319 e. The zero-order chi connectivity index (χ0) is 16.6. The lowest BCUT2D eigenvalue weighted by Crippen LogP contribution is -2.27. The minimum atomic E-state index is -0.828. The molecule has 1 aromatic carbocycles. The van der Waals surface area contributed by atoms with Crippen LogP contribution in [0.15, 0.2) is 23.1 Å². The highest BCUT2D eigenvalue weighted by Gasteiger charge is 2.30. The highest BCUT2D eigenvalue weighted by atomic mass is 32.2. The maximum Gasteiger partial charge on any atom is 0.319 e. The maximum atomic E-state index is 11.4. The number of aliphatic carboxylic acids is 1. The minimum Gasteiger partial charge on any atom is -0.480 e. The van der Waals surface area contributed by atoms with Crippen LogP contribution in [0.2, 0.25) is 0 Å². The summed E-state index contributed by atoms with van der Waals surface area (Å²) in [5.41, 5.74) is 2.59. The fraction of sp³-hybridized carbons (Fsp3) is 0.611. The fourth-order valence-corrected chi connectivity index (χ4v) is 2.91. The molecular formula is C18H28O2S. The Labute approximate surface area is 133 Å². The van der Waals surface area contributed by atoms with E-state index in [9.17, 15) is 9.90 Å². The molecule has 0 aliphatic carbocycles. The number of carboxylic acid groups (broad SMARTS) is 1. The first-order valence-corrected chi connectivity index (χ1v) is 8.13. The SMILES string of the molecule is CC(C)(Sc1cc(C(C)(C)C)cc(C(C)(C)C)c1)C(=O)O. The number of thioether (sulfide) groups is 1. The summed E-state index contributed by atoms with van der Waals surface area (Å²) < 4.78 is -0.828. The van der Waals surface area contributed by atoms with Crippen molar-refractivity contribution in [3.8, 4) is 0 Å². The fourth-order valence-electron chi connectivity index (χ4n) is 1.86. The summed E-state index contributed by atoms with van der Waals surface area (Å²) in [6, 6.07) is 6.51. The molecule has 0 unspecified atom stereocenters. The van der Waals surface area contributed by atoms with Gasteiger partial charge in [-0.1, -0.05) is 47.6 Å². The van der Waals surface area contributed by atoms with E-state index in [0.29, 0.717) is 0 Å². The van der Waals surface area contributed by atoms with E-state index >= 15 is 0 Å². The molecular weight excluding hydrogens is 280 g/mol. The van der Waals surface area contributed by atoms with Gasteiger partial charge in [0.05, 0.1) is 0 Å². The van der Waals surface area contributed by atoms with Crippen LogP contribution in [-0.4, -0.2) is 15.8 Å². The summed E-state index contributed by atoms with van der Waals surface area (Å²) in [7, 11) is 0. The van der Waals surface area contributed by atoms with Gasteiger partial charge in [-0.05, 0) is 47.9 Å². The zero-order valence-corrected chi connectivity index (χ0v) is 15.3. The van der Waals surface area contributed by atoms with Gasteiger partial charge < -0.3 is 5.11 Å². The van der Waals surface area contributed by atoms with Gasteiger partial charge in [0.15, 0.2) is 0 Å². The molecule has 0 radical (unpaired) electrons. The second kappa shape index (κ2) is 5.68. The molecule has 1 aromatic rings. The molecule has 118 valence electrons. The Bertz CT molecular complexity index is 499. The lowest BCUT2D eigenvalue weighted by Gasteiger charge is -2.27. The number of carbonyl (C=O) groups is 1. The predicted octanol–water partition coefficient (Wildman–Crippen LogP) is 5.24. The van der Waals surface area contributed by atoms with Gasteiger partial charge in [0.1, 0.15) is 4.75 Å². The average Bonchev–Trinajstić information content (AvgIpc) is 2.25. The Morgan fingerprint density at radius 3 is 1.52 bits per heavy atom. The van der Waals surface area contributed by atoms with E-state index in [4.69, 9.17) is 0 Å². The van der Waals surface area contributed by atoms with Crippen LogP contribution in [0.4, 0.5) is 0 Å². The van der Waals surface area contributed by atoms with Crippen LogP contribution in [0.5, 0.6) is 0 Å². The van der Waals surface area contributed by atoms with Crippen LogP contribution in [-0.2, 0) is 15.6 Å². The average molecular weight is 308 g/mol. The Kier molecular flexibility index (Phi) is 4.89. The zero-order valence-electron chi connectivity index (χ0n) is 14.5. The summed E-state index contributed by atoms with van der Waals surface area (Å²) in [5.74, 6) is -0.786. The quantitative estimate of drug-likeness (QED) is 0.776. The number of hydrogen-bond donors (Lipinski definition) is 1. The van der Waals surface area contributed by atoms with Crippen molar-refractivity contribution >= 4 is 17.7 Å². The lowest BCUT2D eigenvalue weighted by atomic mass is 9.81. The molecule has 21 heavy (non-hydrogen) atoms. The van der Waals surface area contributed by atoms with Crippen molar-refractivity contribution in [1.82, 2.24) is 0 Å². The summed E-state index contributed by atoms with van der Waals surface area (Å²) in [6.45, 7) is 16.6. The molecule has 0 heterocycles. The lowest BCUT2D eigenvalue weighted by molar-refractivity contribution is -0.138. The van der Waals surface area contributed by atoms with Crippen LogP contribution < -0.4 is 0 Å². The normalized spacial score (nSPS) is 13.3. The third kappa shape index (κ3) is 4.77. The van der Waals surface area contributed by atoms with Gasteiger partial charge in [-0.25, -0.2) is 0 Å². The molecule has 0 aromatic heterocycles. The van der Waals surface area contributed by atoms with E-state index in [1.54, 1.807) is 13.8 Å². The Morgan fingerprint density at radius 1 is 0.857 bits per heavy atom. The molecule has 0 atom stereocenters. The van der Waals surface area contributed by atoms with Gasteiger partial charge in [-0.15, -0.1) is 11.8 Å². The predicted molar refractivity (Wildman–Crippen MR) is 91.4 cm³/mol. The first kappa shape index (κ1) is 18.1. The second-order valence-corrected chi connectivity index (χ2v) is 9.86. The Morgan fingerprint density at radius 2 is 1.24 bits per heavy atom. The van der Waals surface area contributed by atoms with Crippen LogP contribution in [0.3, 0.4) is 0 Å². The highest BCUT2D eigenvalue weighted by Crippen LogP contribution is 2.38. The van der Waals surface area contributed by atoms with Gasteiger partial charge in [0, 0.05) is 4.90 Å². The van der Waals surface area contributed by atoms with Crippen molar-refractivity contribution < 1.29 is 9.90 Å². The summed E-state index contributed by atoms with van der Waals surface area (Å²) >= 11 is 1.41. The van der Waals surface area contributed by atoms with E-state index < -0.39 is 10.7 Å². The van der Waals surface area contributed by atoms with E-state index in [-0.39, 0.29) is 10.8 Å². The number of rotatable bonds is 3. The van der Waals surface area contributed by atoms with E-state index in [0.717, 1.165) is 4.90 Å². The molecule has 0 aliphatic rings. The Balaban J connectivity index is 3.36. The standard InChI is InChI=1S/C18H28O2S/c1-16(2,3)12-9-13(17(4,5)6)11-14(10-12)21-18(7,8)15(19)20/h9-11H,1-8H3,(H,19,20). The maximum absolute atomic E-state index is 11.4. The summed E-state index contributed by atoms with van der Waals surface area (Å²) in [6.07, 6.45) is 0. The molecule has 0 saturated heterocycles. The van der Waals surface area contributed by atoms with E-state index in [1.165, 1.54) is 22.9 Å². The van der Waals surface area contributed by atoms with Crippen molar-refractivity contribution in [2.24, 2.45) is 0 Å². The minimum absolute atomic E-state index is 0.0456. The topological polar surface area (TPSA) is 37.3 Å². The number of benzene rings is 1. The summed E-state index contributed by atoms with van der Waals surface area (Å²) in [5, 5.41) is 9.34. The van der Waals surface area contributed by atoms with E-state index in [2.05, 4.69) is 59.7 Å². The molecule has 0 fully saturated rings. The molecule has 1 rings (SSSR count). The first-order valence-electron chi connectivity index (χ1n) is 7.32. The van der Waals surface area contributed by atoms with Crippen molar-refractivity contribution in [1.29, 1.82) is 0 Å². The second-order valence-electron chi connectivity index (χ2n) is 8.16. The van der Waals surface area contributed by atoms with Crippen molar-refractivity contribution in [2.45, 2.75) is 75.9 Å². The largest absolute Gasteiger partial charge is 0.480 e. The highest BCUT2D eigenvalue weighted by molar-refractivity contribution is 8.01. The third-order valence-electron chi connectivity index (χ3n) is 3.53. The van der Waals surface area contributed by atoms with Crippen molar-refractivity contribution in [2.75, 3.05) is 0 Å². The molecule has 0 spiro atoms. The van der Waals surface area contributed by atoms with Gasteiger partial charge in [0.2, 0.25) is 0 Å². The molecule has 2 nitrogen and oxygen atoms in total. The molecule has 1 N–H and O–H groups in total. The molecule has 0 aliphatic heterocycles. The molecule has 0 bridgehead atoms. The van der Waals surface area contributed by atoms with Gasteiger partial charge >= 0.3 is 5.97 Å². The van der Waals surface area contributed by atoms with Crippen LogP contribution in [0.25, 0.3) is 0 Å². The number of carboxylic acids is 1. The van der Waals surface area contributed by atoms with Gasteiger partial charge in [0.25, 0.3) is 0 Å². The van der Waals surface area contributed by atoms with Crippen LogP contribution in [0, 0.1) is 0 Å². The number of hydrogen-bond acceptors (Lipinski definition) is 2. The molecule has 0 saturated carbocycles. The third-order valence-corrected chi connectivity index (χ3v) is 4.68. The molecule has 0 amide bonds. The first-order chi connectivity index (χ1) is 9.23. The summed E-state index contributed by atoms with van der Waals surface area (Å²) in [4.78, 5) is 12.4. The molecule has 3 heteroatoms. The van der Waals surface area contributed by atoms with Crippen LogP contribution >= 0.6 is 11.8 Å². The van der Waals surface area contributed by atoms with Crippen LogP contribution in [0.1, 0.15) is 66.5 Å². The van der Waals surface area contributed by atoms with E-state index in [1.807, 2.05) is 0 Å².